The van der Waals surface area contributed by atoms with Crippen molar-refractivity contribution in [1.82, 2.24) is 10.3 Å². The van der Waals surface area contributed by atoms with E-state index in [0.29, 0.717) is 6.04 Å². The minimum Gasteiger partial charge on any atom is -0.377 e. The van der Waals surface area contributed by atoms with E-state index < -0.39 is 0 Å². The van der Waals surface area contributed by atoms with Crippen molar-refractivity contribution in [3.63, 3.8) is 0 Å². The summed E-state index contributed by atoms with van der Waals surface area (Å²) in [5.41, 5.74) is 2.30. The zero-order valence-corrected chi connectivity index (χ0v) is 12.6. The highest BCUT2D eigenvalue weighted by Crippen LogP contribution is 2.27. The number of nitrogens with zero attached hydrogens (tertiary/aromatic N) is 1. The average molecular weight is 286 g/mol. The van der Waals surface area contributed by atoms with Crippen molar-refractivity contribution in [3.8, 4) is 0 Å². The molecule has 0 aliphatic heterocycles. The molecule has 3 unspecified atom stereocenters. The van der Waals surface area contributed by atoms with E-state index in [1.807, 2.05) is 19.2 Å². The Kier molecular flexibility index (Phi) is 4.48. The van der Waals surface area contributed by atoms with Crippen LogP contribution in [-0.4, -0.2) is 37.0 Å². The van der Waals surface area contributed by atoms with E-state index in [-0.39, 0.29) is 12.2 Å². The first-order chi connectivity index (χ1) is 10.3. The molecule has 1 aliphatic rings. The molecule has 1 N–H and O–H groups in total. The third-order valence-electron chi connectivity index (χ3n) is 4.17. The predicted molar refractivity (Wildman–Crippen MR) is 83.2 cm³/mol. The van der Waals surface area contributed by atoms with Gasteiger partial charge in [-0.15, -0.1) is 0 Å². The van der Waals surface area contributed by atoms with Crippen molar-refractivity contribution in [2.45, 2.75) is 38.1 Å². The lowest BCUT2D eigenvalue weighted by molar-refractivity contribution is -0.131. The lowest BCUT2D eigenvalue weighted by Gasteiger charge is -2.43. The minimum absolute atomic E-state index is 0.146. The maximum absolute atomic E-state index is 5.66. The van der Waals surface area contributed by atoms with Gasteiger partial charge in [0.05, 0.1) is 17.7 Å². The second-order valence-corrected chi connectivity index (χ2v) is 5.41. The van der Waals surface area contributed by atoms with E-state index in [1.165, 1.54) is 10.9 Å². The van der Waals surface area contributed by atoms with Crippen LogP contribution in [0.5, 0.6) is 0 Å². The molecule has 21 heavy (non-hydrogen) atoms. The molecule has 0 radical (unpaired) electrons. The Hall–Kier alpha value is -1.49. The molecule has 1 saturated carbocycles. The molecule has 3 atom stereocenters. The third kappa shape index (κ3) is 2.93. The number of methoxy groups -OCH3 is 1. The Morgan fingerprint density at radius 2 is 2.14 bits per heavy atom. The summed E-state index contributed by atoms with van der Waals surface area (Å²) >= 11 is 0. The van der Waals surface area contributed by atoms with Gasteiger partial charge in [-0.2, -0.15) is 0 Å². The summed E-state index contributed by atoms with van der Waals surface area (Å²) in [4.78, 5) is 4.49. The monoisotopic (exact) mass is 286 g/mol. The summed E-state index contributed by atoms with van der Waals surface area (Å²) in [5, 5.41) is 4.75. The minimum atomic E-state index is 0.146. The Morgan fingerprint density at radius 3 is 2.95 bits per heavy atom. The highest BCUT2D eigenvalue weighted by molar-refractivity contribution is 5.81. The van der Waals surface area contributed by atoms with Crippen molar-refractivity contribution < 1.29 is 9.47 Å². The van der Waals surface area contributed by atoms with E-state index >= 15 is 0 Å². The van der Waals surface area contributed by atoms with Crippen molar-refractivity contribution in [2.75, 3.05) is 13.7 Å². The molecular weight excluding hydrogens is 264 g/mol. The molecule has 2 aromatic rings. The molecule has 112 valence electrons. The number of ether oxygens (including phenoxy) is 2. The van der Waals surface area contributed by atoms with Crippen molar-refractivity contribution in [1.29, 1.82) is 0 Å². The van der Waals surface area contributed by atoms with E-state index in [2.05, 4.69) is 34.6 Å². The van der Waals surface area contributed by atoms with Crippen LogP contribution >= 0.6 is 0 Å². The number of nitrogens with one attached hydrogen (secondary N) is 1. The van der Waals surface area contributed by atoms with E-state index in [1.54, 1.807) is 7.11 Å². The van der Waals surface area contributed by atoms with Crippen molar-refractivity contribution in [2.24, 2.45) is 0 Å². The summed E-state index contributed by atoms with van der Waals surface area (Å²) in [6.45, 7) is 3.57. The smallest absolute Gasteiger partial charge is 0.0986 e. The van der Waals surface area contributed by atoms with E-state index in [0.717, 1.165) is 25.1 Å². The zero-order valence-electron chi connectivity index (χ0n) is 12.6. The fourth-order valence-corrected chi connectivity index (χ4v) is 3.03. The summed E-state index contributed by atoms with van der Waals surface area (Å²) < 4.78 is 11.2. The number of fused-ring (bicyclic) bond motifs is 1. The normalized spacial score (nSPS) is 25.0. The molecule has 0 amide bonds. The van der Waals surface area contributed by atoms with Crippen LogP contribution in [0.2, 0.25) is 0 Å². The third-order valence-corrected chi connectivity index (χ3v) is 4.17. The summed E-state index contributed by atoms with van der Waals surface area (Å²) in [5.74, 6) is 0. The van der Waals surface area contributed by atoms with Crippen LogP contribution in [-0.2, 0) is 16.0 Å². The first kappa shape index (κ1) is 14.4. The first-order valence-corrected chi connectivity index (χ1v) is 7.54. The molecule has 0 spiro atoms. The topological polar surface area (TPSA) is 43.4 Å². The quantitative estimate of drug-likeness (QED) is 0.886. The Morgan fingerprint density at radius 1 is 1.29 bits per heavy atom. The first-order valence-electron chi connectivity index (χ1n) is 7.54. The van der Waals surface area contributed by atoms with Gasteiger partial charge in [0, 0.05) is 37.9 Å². The molecule has 1 aromatic heterocycles. The van der Waals surface area contributed by atoms with Crippen LogP contribution in [0.4, 0.5) is 0 Å². The van der Waals surface area contributed by atoms with Gasteiger partial charge in [0.25, 0.3) is 0 Å². The van der Waals surface area contributed by atoms with Crippen LogP contribution in [0.3, 0.4) is 0 Å². The molecule has 4 nitrogen and oxygen atoms in total. The second-order valence-electron chi connectivity index (χ2n) is 5.41. The van der Waals surface area contributed by atoms with Crippen LogP contribution in [0.15, 0.2) is 36.5 Å². The number of hydrogen-bond acceptors (Lipinski definition) is 4. The molecule has 4 heteroatoms. The van der Waals surface area contributed by atoms with Gasteiger partial charge in [0.15, 0.2) is 0 Å². The van der Waals surface area contributed by atoms with Gasteiger partial charge >= 0.3 is 0 Å². The summed E-state index contributed by atoms with van der Waals surface area (Å²) in [6.07, 6.45) is 3.22. The number of hydrogen-bond donors (Lipinski definition) is 1. The number of rotatable bonds is 6. The zero-order chi connectivity index (χ0) is 14.7. The molecule has 1 heterocycles. The van der Waals surface area contributed by atoms with Gasteiger partial charge < -0.3 is 14.8 Å². The summed E-state index contributed by atoms with van der Waals surface area (Å²) in [6, 6.07) is 10.7. The number of aromatic nitrogens is 1. The Balaban J connectivity index is 1.65. The average Bonchev–Trinajstić information content (AvgIpc) is 2.50. The summed E-state index contributed by atoms with van der Waals surface area (Å²) in [7, 11) is 1.75. The maximum atomic E-state index is 5.66. The van der Waals surface area contributed by atoms with Gasteiger partial charge in [0.2, 0.25) is 0 Å². The Labute approximate surface area is 125 Å². The maximum Gasteiger partial charge on any atom is 0.0986 e. The van der Waals surface area contributed by atoms with E-state index in [4.69, 9.17) is 9.47 Å². The van der Waals surface area contributed by atoms with Crippen molar-refractivity contribution in [3.05, 3.63) is 42.1 Å². The van der Waals surface area contributed by atoms with Crippen LogP contribution in [0.25, 0.3) is 10.9 Å². The standard InChI is InChI=1S/C17H22N2O2/c1-3-21-15-10-14(17(15)20-2)19-11-13-7-4-6-12-8-5-9-18-16(12)13/h4-9,14-15,17,19H,3,10-11H2,1-2H3. The molecular formula is C17H22N2O2. The molecule has 1 aliphatic carbocycles. The number of para-hydroxylation sites is 1. The van der Waals surface area contributed by atoms with Gasteiger partial charge in [-0.3, -0.25) is 4.98 Å². The predicted octanol–water partition coefficient (Wildman–Crippen LogP) is 2.52. The number of pyridine rings is 1. The van der Waals surface area contributed by atoms with Gasteiger partial charge in [0.1, 0.15) is 0 Å². The fourth-order valence-electron chi connectivity index (χ4n) is 3.03. The van der Waals surface area contributed by atoms with Gasteiger partial charge in [-0.1, -0.05) is 24.3 Å². The highest BCUT2D eigenvalue weighted by atomic mass is 16.5. The molecule has 3 rings (SSSR count). The SMILES string of the molecule is CCOC1CC(NCc2cccc3cccnc23)C1OC. The lowest BCUT2D eigenvalue weighted by Crippen LogP contribution is -2.59. The van der Waals surface area contributed by atoms with E-state index in [9.17, 15) is 0 Å². The molecule has 0 bridgehead atoms. The van der Waals surface area contributed by atoms with Crippen LogP contribution in [0.1, 0.15) is 18.9 Å². The largest absolute Gasteiger partial charge is 0.377 e. The molecule has 0 saturated heterocycles. The van der Waals surface area contributed by atoms with Crippen molar-refractivity contribution >= 4 is 10.9 Å². The van der Waals surface area contributed by atoms with Crippen LogP contribution < -0.4 is 5.32 Å². The second kappa shape index (κ2) is 6.52. The molecule has 1 aromatic carbocycles. The highest BCUT2D eigenvalue weighted by Gasteiger charge is 2.41. The lowest BCUT2D eigenvalue weighted by atomic mass is 9.85. The van der Waals surface area contributed by atoms with Crippen LogP contribution in [0, 0.1) is 0 Å². The van der Waals surface area contributed by atoms with Gasteiger partial charge in [-0.05, 0) is 25.0 Å². The fraction of sp³-hybridized carbons (Fsp3) is 0.471. The number of benzene rings is 1. The Bertz CT molecular complexity index is 597. The molecule has 1 fully saturated rings. The van der Waals surface area contributed by atoms with Gasteiger partial charge in [-0.25, -0.2) is 0 Å².